The molecule has 3 N–H and O–H groups in total. The number of likely N-dealkylation sites (N-methyl/N-ethyl adjacent to an activating group) is 1. The van der Waals surface area contributed by atoms with Gasteiger partial charge in [0.15, 0.2) is 11.6 Å². The molecule has 0 spiro atoms. The molecule has 2 atom stereocenters. The van der Waals surface area contributed by atoms with Crippen LogP contribution in [0.5, 0.6) is 6.01 Å². The van der Waals surface area contributed by atoms with E-state index in [0.29, 0.717) is 30.5 Å². The quantitative estimate of drug-likeness (QED) is 0.265. The molecule has 184 valence electrons. The number of hydrogen-bond acceptors (Lipinski definition) is 9. The SMILES string of the molecule is COc1nc(NNC(=O)[C@H](CC2CCCC2)CN(O)C=O)c(F)c(N2CCN(C)[C@H](C)C2)n1. The Hall–Kier alpha value is -2.73. The molecule has 2 amide bonds. The number of halogens is 1. The van der Waals surface area contributed by atoms with Crippen LogP contribution in [-0.4, -0.2) is 83.8 Å². The van der Waals surface area contributed by atoms with Gasteiger partial charge in [-0.15, -0.1) is 0 Å². The minimum Gasteiger partial charge on any atom is -0.467 e. The van der Waals surface area contributed by atoms with Crippen molar-refractivity contribution in [2.75, 3.05) is 50.7 Å². The maximum Gasteiger partial charge on any atom is 0.320 e. The smallest absolute Gasteiger partial charge is 0.320 e. The topological polar surface area (TPSA) is 123 Å². The van der Waals surface area contributed by atoms with Crippen molar-refractivity contribution in [3.8, 4) is 6.01 Å². The third kappa shape index (κ3) is 6.41. The number of carbonyl (C=O) groups is 2. The molecule has 2 aliphatic rings. The fraction of sp³-hybridized carbons (Fsp3) is 0.714. The Morgan fingerprint density at radius 2 is 2.09 bits per heavy atom. The zero-order valence-corrected chi connectivity index (χ0v) is 19.5. The van der Waals surface area contributed by atoms with Crippen molar-refractivity contribution < 1.29 is 23.9 Å². The monoisotopic (exact) mass is 467 g/mol. The molecule has 1 aliphatic carbocycles. The number of rotatable bonds is 10. The fourth-order valence-electron chi connectivity index (χ4n) is 4.44. The minimum atomic E-state index is -0.697. The van der Waals surface area contributed by atoms with Crippen molar-refractivity contribution in [3.05, 3.63) is 5.82 Å². The number of hydrogen-bond donors (Lipinski definition) is 3. The van der Waals surface area contributed by atoms with E-state index in [-0.39, 0.29) is 36.6 Å². The molecule has 3 rings (SSSR count). The minimum absolute atomic E-state index is 0.0280. The normalized spacial score (nSPS) is 20.4. The van der Waals surface area contributed by atoms with Crippen molar-refractivity contribution in [2.24, 2.45) is 11.8 Å². The second kappa shape index (κ2) is 11.4. The first-order valence-corrected chi connectivity index (χ1v) is 11.4. The van der Waals surface area contributed by atoms with Gasteiger partial charge in [0.1, 0.15) is 0 Å². The van der Waals surface area contributed by atoms with Crippen molar-refractivity contribution in [2.45, 2.75) is 45.1 Å². The standard InChI is InChI=1S/C21H34FN7O4/c1-14-11-28(9-8-27(14)2)19-17(22)18(23-21(24-19)33-3)25-26-20(31)16(12-29(32)13-30)10-15-6-4-5-7-15/h13-16,32H,4-12H2,1-3H3,(H,26,31)(H,23,24,25)/t14-,16-/m1/s1. The van der Waals surface area contributed by atoms with Crippen LogP contribution in [0.4, 0.5) is 16.0 Å². The van der Waals surface area contributed by atoms with Crippen molar-refractivity contribution in [3.63, 3.8) is 0 Å². The van der Waals surface area contributed by atoms with Crippen LogP contribution in [0.15, 0.2) is 0 Å². The highest BCUT2D eigenvalue weighted by Crippen LogP contribution is 2.31. The first kappa shape index (κ1) is 24.9. The summed E-state index contributed by atoms with van der Waals surface area (Å²) in [7, 11) is 3.40. The molecule has 2 heterocycles. The van der Waals surface area contributed by atoms with Gasteiger partial charge in [-0.25, -0.2) is 5.06 Å². The molecule has 0 bridgehead atoms. The summed E-state index contributed by atoms with van der Waals surface area (Å²) < 4.78 is 20.4. The van der Waals surface area contributed by atoms with Gasteiger partial charge in [-0.2, -0.15) is 14.4 Å². The van der Waals surface area contributed by atoms with Crippen LogP contribution in [0.3, 0.4) is 0 Å². The Labute approximate surface area is 193 Å². The van der Waals surface area contributed by atoms with Crippen LogP contribution in [0.2, 0.25) is 0 Å². The van der Waals surface area contributed by atoms with Crippen LogP contribution >= 0.6 is 0 Å². The maximum absolute atomic E-state index is 15.3. The fourth-order valence-corrected chi connectivity index (χ4v) is 4.44. The number of amides is 2. The second-order valence-electron chi connectivity index (χ2n) is 8.90. The van der Waals surface area contributed by atoms with Gasteiger partial charge in [0.2, 0.25) is 18.1 Å². The lowest BCUT2D eigenvalue weighted by molar-refractivity contribution is -0.154. The third-order valence-corrected chi connectivity index (χ3v) is 6.55. The second-order valence-corrected chi connectivity index (χ2v) is 8.90. The lowest BCUT2D eigenvalue weighted by Gasteiger charge is -2.38. The first-order valence-electron chi connectivity index (χ1n) is 11.4. The highest BCUT2D eigenvalue weighted by molar-refractivity contribution is 5.80. The van der Waals surface area contributed by atoms with Crippen LogP contribution in [0, 0.1) is 17.7 Å². The van der Waals surface area contributed by atoms with Crippen molar-refractivity contribution in [1.29, 1.82) is 0 Å². The van der Waals surface area contributed by atoms with Crippen LogP contribution in [-0.2, 0) is 9.59 Å². The molecule has 1 aromatic rings. The van der Waals surface area contributed by atoms with E-state index in [1.54, 1.807) is 0 Å². The lowest BCUT2D eigenvalue weighted by atomic mass is 9.92. The number of ether oxygens (including phenoxy) is 1. The van der Waals surface area contributed by atoms with E-state index in [9.17, 15) is 14.8 Å². The van der Waals surface area contributed by atoms with Crippen LogP contribution in [0.1, 0.15) is 39.0 Å². The van der Waals surface area contributed by atoms with Gasteiger partial charge in [-0.05, 0) is 26.3 Å². The summed E-state index contributed by atoms with van der Waals surface area (Å²) in [5.41, 5.74) is 5.04. The number of hydroxylamine groups is 2. The number of nitrogens with zero attached hydrogens (tertiary/aromatic N) is 5. The molecule has 2 fully saturated rings. The summed E-state index contributed by atoms with van der Waals surface area (Å²) in [6.45, 7) is 3.83. The van der Waals surface area contributed by atoms with E-state index in [1.165, 1.54) is 7.11 Å². The number of nitrogens with one attached hydrogen (secondary N) is 2. The van der Waals surface area contributed by atoms with Gasteiger partial charge >= 0.3 is 6.01 Å². The van der Waals surface area contributed by atoms with E-state index in [4.69, 9.17) is 4.74 Å². The predicted molar refractivity (Wildman–Crippen MR) is 119 cm³/mol. The Bertz CT molecular complexity index is 824. The summed E-state index contributed by atoms with van der Waals surface area (Å²) in [6.07, 6.45) is 5.02. The maximum atomic E-state index is 15.3. The summed E-state index contributed by atoms with van der Waals surface area (Å²) in [4.78, 5) is 35.9. The van der Waals surface area contributed by atoms with E-state index in [2.05, 4.69) is 32.6 Å². The molecule has 1 saturated carbocycles. The molecule has 1 saturated heterocycles. The third-order valence-electron chi connectivity index (χ3n) is 6.55. The predicted octanol–water partition coefficient (Wildman–Crippen LogP) is 1.25. The van der Waals surface area contributed by atoms with Gasteiger partial charge in [-0.1, -0.05) is 25.7 Å². The van der Waals surface area contributed by atoms with E-state index in [1.807, 2.05) is 11.9 Å². The number of methoxy groups -OCH3 is 1. The zero-order valence-electron chi connectivity index (χ0n) is 19.5. The first-order chi connectivity index (χ1) is 15.8. The van der Waals surface area contributed by atoms with Gasteiger partial charge in [0.05, 0.1) is 19.6 Å². The van der Waals surface area contributed by atoms with Crippen LogP contribution < -0.4 is 20.5 Å². The molecule has 0 radical (unpaired) electrons. The zero-order chi connectivity index (χ0) is 24.0. The highest BCUT2D eigenvalue weighted by Gasteiger charge is 2.29. The number of aromatic nitrogens is 2. The van der Waals surface area contributed by atoms with Crippen LogP contribution in [0.25, 0.3) is 0 Å². The number of carbonyl (C=O) groups excluding carboxylic acids is 2. The number of anilines is 2. The van der Waals surface area contributed by atoms with Gasteiger partial charge in [0, 0.05) is 25.7 Å². The molecule has 1 aliphatic heterocycles. The van der Waals surface area contributed by atoms with E-state index < -0.39 is 17.6 Å². The molecule has 0 aromatic carbocycles. The Morgan fingerprint density at radius 1 is 1.36 bits per heavy atom. The summed E-state index contributed by atoms with van der Waals surface area (Å²) >= 11 is 0. The Morgan fingerprint density at radius 3 is 2.73 bits per heavy atom. The van der Waals surface area contributed by atoms with Gasteiger partial charge in [0.25, 0.3) is 0 Å². The Kier molecular flexibility index (Phi) is 8.61. The van der Waals surface area contributed by atoms with Crippen molar-refractivity contribution in [1.82, 2.24) is 25.4 Å². The number of hydrazine groups is 1. The van der Waals surface area contributed by atoms with E-state index in [0.717, 1.165) is 32.2 Å². The van der Waals surface area contributed by atoms with E-state index >= 15 is 4.39 Å². The molecule has 11 nitrogen and oxygen atoms in total. The average Bonchev–Trinajstić information content (AvgIpc) is 3.32. The molecule has 33 heavy (non-hydrogen) atoms. The molecule has 12 heteroatoms. The largest absolute Gasteiger partial charge is 0.467 e. The summed E-state index contributed by atoms with van der Waals surface area (Å²) in [5, 5.41) is 10.1. The lowest BCUT2D eigenvalue weighted by Crippen LogP contribution is -2.50. The van der Waals surface area contributed by atoms with Crippen molar-refractivity contribution >= 4 is 24.0 Å². The van der Waals surface area contributed by atoms with Gasteiger partial charge in [-0.3, -0.25) is 25.6 Å². The Balaban J connectivity index is 1.72. The molecular weight excluding hydrogens is 433 g/mol. The molecule has 0 unspecified atom stereocenters. The molecular formula is C21H34FN7O4. The number of piperazine rings is 1. The molecule has 1 aromatic heterocycles. The summed E-state index contributed by atoms with van der Waals surface area (Å²) in [6, 6.07) is 0.186. The highest BCUT2D eigenvalue weighted by atomic mass is 19.1. The summed E-state index contributed by atoms with van der Waals surface area (Å²) in [5.74, 6) is -1.58. The average molecular weight is 468 g/mol. The van der Waals surface area contributed by atoms with Gasteiger partial charge < -0.3 is 14.5 Å².